The summed E-state index contributed by atoms with van der Waals surface area (Å²) in [4.78, 5) is 21.4. The minimum absolute atomic E-state index is 0.184. The van der Waals surface area contributed by atoms with Crippen LogP contribution in [0.5, 0.6) is 0 Å². The van der Waals surface area contributed by atoms with E-state index in [1.165, 1.54) is 18.6 Å². The first kappa shape index (κ1) is 19.0. The lowest BCUT2D eigenvalue weighted by Crippen LogP contribution is -2.46. The first-order valence-electron chi connectivity index (χ1n) is 10.0. The number of aromatic nitrogens is 1. The molecule has 2 fully saturated rings. The molecule has 0 bridgehead atoms. The SMILES string of the molecule is O=C(CN1CCOC(c2cccc(-c3cccc(F)c3)n2)C1)N1CCCCC1. The van der Waals surface area contributed by atoms with E-state index in [4.69, 9.17) is 9.72 Å². The van der Waals surface area contributed by atoms with E-state index in [2.05, 4.69) is 4.90 Å². The second-order valence-corrected chi connectivity index (χ2v) is 7.49. The fourth-order valence-electron chi connectivity index (χ4n) is 3.90. The van der Waals surface area contributed by atoms with Crippen molar-refractivity contribution in [3.8, 4) is 11.3 Å². The number of rotatable bonds is 4. The Hall–Kier alpha value is -2.31. The molecule has 1 amide bonds. The average Bonchev–Trinajstić information content (AvgIpc) is 2.75. The zero-order valence-electron chi connectivity index (χ0n) is 16.0. The number of pyridine rings is 1. The van der Waals surface area contributed by atoms with Gasteiger partial charge in [0.05, 0.1) is 24.5 Å². The van der Waals surface area contributed by atoms with Gasteiger partial charge in [-0.15, -0.1) is 0 Å². The lowest BCUT2D eigenvalue weighted by atomic mass is 10.1. The Labute approximate surface area is 165 Å². The lowest BCUT2D eigenvalue weighted by molar-refractivity contribution is -0.135. The highest BCUT2D eigenvalue weighted by atomic mass is 19.1. The maximum atomic E-state index is 13.5. The molecule has 1 unspecified atom stereocenters. The van der Waals surface area contributed by atoms with E-state index in [-0.39, 0.29) is 17.8 Å². The summed E-state index contributed by atoms with van der Waals surface area (Å²) in [5.74, 6) is -0.0668. The van der Waals surface area contributed by atoms with Crippen LogP contribution in [-0.2, 0) is 9.53 Å². The topological polar surface area (TPSA) is 45.7 Å². The smallest absolute Gasteiger partial charge is 0.236 e. The van der Waals surface area contributed by atoms with Crippen LogP contribution in [0, 0.1) is 5.82 Å². The zero-order valence-corrected chi connectivity index (χ0v) is 16.0. The van der Waals surface area contributed by atoms with Gasteiger partial charge in [-0.3, -0.25) is 14.7 Å². The van der Waals surface area contributed by atoms with Crippen LogP contribution in [0.4, 0.5) is 4.39 Å². The lowest BCUT2D eigenvalue weighted by Gasteiger charge is -2.34. The molecular formula is C22H26FN3O2. The number of piperidine rings is 1. The van der Waals surface area contributed by atoms with Gasteiger partial charge in [0.2, 0.25) is 5.91 Å². The molecule has 3 heterocycles. The maximum Gasteiger partial charge on any atom is 0.236 e. The molecule has 1 aromatic carbocycles. The molecule has 2 aliphatic rings. The van der Waals surface area contributed by atoms with Crippen molar-refractivity contribution in [2.45, 2.75) is 25.4 Å². The number of halogens is 1. The van der Waals surface area contributed by atoms with Gasteiger partial charge in [-0.1, -0.05) is 18.2 Å². The van der Waals surface area contributed by atoms with Crippen LogP contribution in [-0.4, -0.2) is 60.0 Å². The number of carbonyl (C=O) groups is 1. The third-order valence-corrected chi connectivity index (χ3v) is 5.44. The molecule has 28 heavy (non-hydrogen) atoms. The van der Waals surface area contributed by atoms with Gasteiger partial charge < -0.3 is 9.64 Å². The molecule has 0 saturated carbocycles. The Morgan fingerprint density at radius 3 is 2.75 bits per heavy atom. The summed E-state index contributed by atoms with van der Waals surface area (Å²) in [5, 5.41) is 0. The Bertz CT molecular complexity index is 823. The summed E-state index contributed by atoms with van der Waals surface area (Å²) in [7, 11) is 0. The first-order chi connectivity index (χ1) is 13.7. The quantitative estimate of drug-likeness (QED) is 0.813. The molecule has 0 N–H and O–H groups in total. The molecule has 0 radical (unpaired) electrons. The van der Waals surface area contributed by atoms with E-state index in [1.54, 1.807) is 6.07 Å². The van der Waals surface area contributed by atoms with Gasteiger partial charge in [-0.05, 0) is 43.5 Å². The summed E-state index contributed by atoms with van der Waals surface area (Å²) >= 11 is 0. The van der Waals surface area contributed by atoms with E-state index < -0.39 is 0 Å². The van der Waals surface area contributed by atoms with E-state index in [9.17, 15) is 9.18 Å². The molecule has 2 aliphatic heterocycles. The van der Waals surface area contributed by atoms with Crippen LogP contribution < -0.4 is 0 Å². The maximum absolute atomic E-state index is 13.5. The Morgan fingerprint density at radius 1 is 1.11 bits per heavy atom. The largest absolute Gasteiger partial charge is 0.369 e. The predicted molar refractivity (Wildman–Crippen MR) is 105 cm³/mol. The van der Waals surface area contributed by atoms with Crippen molar-refractivity contribution < 1.29 is 13.9 Å². The van der Waals surface area contributed by atoms with Gasteiger partial charge >= 0.3 is 0 Å². The van der Waals surface area contributed by atoms with E-state index in [1.807, 2.05) is 29.2 Å². The monoisotopic (exact) mass is 383 g/mol. The molecule has 5 nitrogen and oxygen atoms in total. The zero-order chi connectivity index (χ0) is 19.3. The van der Waals surface area contributed by atoms with Crippen molar-refractivity contribution in [3.05, 3.63) is 54.0 Å². The predicted octanol–water partition coefficient (Wildman–Crippen LogP) is 3.27. The summed E-state index contributed by atoms with van der Waals surface area (Å²) in [5.41, 5.74) is 2.29. The molecule has 2 saturated heterocycles. The van der Waals surface area contributed by atoms with Gasteiger partial charge in [0.1, 0.15) is 11.9 Å². The summed E-state index contributed by atoms with van der Waals surface area (Å²) < 4.78 is 19.5. The number of likely N-dealkylation sites (tertiary alicyclic amines) is 1. The fourth-order valence-corrected chi connectivity index (χ4v) is 3.90. The molecule has 4 rings (SSSR count). The molecule has 1 aromatic heterocycles. The number of nitrogens with zero attached hydrogens (tertiary/aromatic N) is 3. The summed E-state index contributed by atoms with van der Waals surface area (Å²) in [6.07, 6.45) is 3.25. The van der Waals surface area contributed by atoms with Gasteiger partial charge in [0.25, 0.3) is 0 Å². The number of benzene rings is 1. The summed E-state index contributed by atoms with van der Waals surface area (Å²) in [6, 6.07) is 12.2. The van der Waals surface area contributed by atoms with Gasteiger partial charge in [-0.2, -0.15) is 0 Å². The Balaban J connectivity index is 1.43. The second kappa shape index (κ2) is 8.80. The van der Waals surface area contributed by atoms with E-state index >= 15 is 0 Å². The van der Waals surface area contributed by atoms with Gasteiger partial charge in [0, 0.05) is 31.7 Å². The van der Waals surface area contributed by atoms with Crippen molar-refractivity contribution in [3.63, 3.8) is 0 Å². The molecule has 0 aliphatic carbocycles. The molecule has 2 aromatic rings. The van der Waals surface area contributed by atoms with Crippen LogP contribution in [0.25, 0.3) is 11.3 Å². The number of hydrogen-bond donors (Lipinski definition) is 0. The number of ether oxygens (including phenoxy) is 1. The minimum atomic E-state index is -0.277. The van der Waals surface area contributed by atoms with Crippen molar-refractivity contribution >= 4 is 5.91 Å². The normalized spacial score (nSPS) is 20.9. The first-order valence-corrected chi connectivity index (χ1v) is 10.0. The summed E-state index contributed by atoms with van der Waals surface area (Å²) in [6.45, 7) is 4.15. The van der Waals surface area contributed by atoms with Gasteiger partial charge in [0.15, 0.2) is 0 Å². The number of amides is 1. The minimum Gasteiger partial charge on any atom is -0.369 e. The van der Waals surface area contributed by atoms with Crippen LogP contribution in [0.1, 0.15) is 31.1 Å². The number of carbonyl (C=O) groups excluding carboxylic acids is 1. The third kappa shape index (κ3) is 4.56. The number of hydrogen-bond acceptors (Lipinski definition) is 4. The van der Waals surface area contributed by atoms with Crippen LogP contribution in [0.3, 0.4) is 0 Å². The Kier molecular flexibility index (Phi) is 5.98. The third-order valence-electron chi connectivity index (χ3n) is 5.44. The molecular weight excluding hydrogens is 357 g/mol. The molecule has 148 valence electrons. The van der Waals surface area contributed by atoms with E-state index in [0.29, 0.717) is 19.7 Å². The van der Waals surface area contributed by atoms with E-state index in [0.717, 1.165) is 49.4 Å². The molecule has 1 atom stereocenters. The van der Waals surface area contributed by atoms with Crippen LogP contribution >= 0.6 is 0 Å². The highest BCUT2D eigenvalue weighted by molar-refractivity contribution is 5.78. The highest BCUT2D eigenvalue weighted by Crippen LogP contribution is 2.24. The average molecular weight is 383 g/mol. The Morgan fingerprint density at radius 2 is 1.93 bits per heavy atom. The molecule has 0 spiro atoms. The van der Waals surface area contributed by atoms with Crippen molar-refractivity contribution in [1.29, 1.82) is 0 Å². The van der Waals surface area contributed by atoms with Crippen molar-refractivity contribution in [2.24, 2.45) is 0 Å². The standard InChI is InChI=1S/C22H26FN3O2/c23-18-7-4-6-17(14-18)19-8-5-9-20(24-19)21-15-25(12-13-28-21)16-22(27)26-10-2-1-3-11-26/h4-9,14,21H,1-3,10-13,15-16H2. The van der Waals surface area contributed by atoms with Crippen molar-refractivity contribution in [1.82, 2.24) is 14.8 Å². The van der Waals surface area contributed by atoms with Crippen molar-refractivity contribution in [2.75, 3.05) is 39.3 Å². The number of morpholine rings is 1. The molecule has 6 heteroatoms. The van der Waals surface area contributed by atoms with Crippen LogP contribution in [0.2, 0.25) is 0 Å². The second-order valence-electron chi connectivity index (χ2n) is 7.49. The fraction of sp³-hybridized carbons (Fsp3) is 0.455. The van der Waals surface area contributed by atoms with Gasteiger partial charge in [-0.25, -0.2) is 4.39 Å². The van der Waals surface area contributed by atoms with Crippen LogP contribution in [0.15, 0.2) is 42.5 Å². The highest BCUT2D eigenvalue weighted by Gasteiger charge is 2.26.